The van der Waals surface area contributed by atoms with Crippen LogP contribution < -0.4 is 0 Å². The number of amides is 1. The number of hydrogen-bond acceptors (Lipinski definition) is 6. The van der Waals surface area contributed by atoms with Gasteiger partial charge in [-0.1, -0.05) is 0 Å². The highest BCUT2D eigenvalue weighted by atomic mass is 16.5. The number of carbonyl (C=O) groups excluding carboxylic acids is 1. The summed E-state index contributed by atoms with van der Waals surface area (Å²) in [5, 5.41) is 0. The lowest BCUT2D eigenvalue weighted by molar-refractivity contribution is -0.134. The summed E-state index contributed by atoms with van der Waals surface area (Å²) in [6, 6.07) is 0.00418. The number of likely N-dealkylation sites (tertiary alicyclic amines) is 1. The van der Waals surface area contributed by atoms with Crippen LogP contribution in [0.5, 0.6) is 0 Å². The number of carbonyl (C=O) groups is 1. The predicted molar refractivity (Wildman–Crippen MR) is 90.1 cm³/mol. The van der Waals surface area contributed by atoms with Crippen LogP contribution in [0.1, 0.15) is 24.6 Å². The molecule has 1 amide bonds. The fourth-order valence-corrected chi connectivity index (χ4v) is 3.46. The fraction of sp³-hybridized carbons (Fsp3) is 0.529. The first-order chi connectivity index (χ1) is 12.3. The first-order valence-electron chi connectivity index (χ1n) is 8.71. The molecule has 2 saturated heterocycles. The summed E-state index contributed by atoms with van der Waals surface area (Å²) in [5.74, 6) is 0.890. The van der Waals surface area contributed by atoms with Crippen molar-refractivity contribution in [1.29, 1.82) is 0 Å². The third kappa shape index (κ3) is 3.54. The molecule has 2 aromatic rings. The van der Waals surface area contributed by atoms with Crippen LogP contribution in [-0.4, -0.2) is 74.6 Å². The van der Waals surface area contributed by atoms with E-state index in [4.69, 9.17) is 9.72 Å². The zero-order valence-electron chi connectivity index (χ0n) is 14.1. The lowest BCUT2D eigenvalue weighted by atomic mass is 10.1. The Morgan fingerprint density at radius 2 is 2.08 bits per heavy atom. The number of aromatic nitrogens is 4. The van der Waals surface area contributed by atoms with Crippen molar-refractivity contribution >= 4 is 5.91 Å². The molecule has 0 N–H and O–H groups in total. The first-order valence-corrected chi connectivity index (χ1v) is 8.71. The van der Waals surface area contributed by atoms with Crippen LogP contribution in [-0.2, 0) is 9.53 Å². The number of ether oxygens (including phenoxy) is 1. The minimum absolute atomic E-state index is 0.00418. The predicted octanol–water partition coefficient (Wildman–Crippen LogP) is 0.658. The maximum absolute atomic E-state index is 12.8. The Balaban J connectivity index is 1.49. The molecule has 1 atom stereocenters. The Kier molecular flexibility index (Phi) is 4.71. The molecule has 2 aromatic heterocycles. The van der Waals surface area contributed by atoms with Crippen molar-refractivity contribution in [2.24, 2.45) is 0 Å². The zero-order chi connectivity index (χ0) is 17.1. The molecule has 8 nitrogen and oxygen atoms in total. The third-order valence-corrected chi connectivity index (χ3v) is 4.79. The topological polar surface area (TPSA) is 76.4 Å². The van der Waals surface area contributed by atoms with Gasteiger partial charge in [-0.05, 0) is 12.8 Å². The van der Waals surface area contributed by atoms with Crippen molar-refractivity contribution in [3.8, 4) is 5.82 Å². The van der Waals surface area contributed by atoms with E-state index < -0.39 is 0 Å². The zero-order valence-corrected chi connectivity index (χ0v) is 14.1. The second kappa shape index (κ2) is 7.28. The molecule has 0 spiro atoms. The molecule has 0 aromatic carbocycles. The first kappa shape index (κ1) is 16.2. The highest BCUT2D eigenvalue weighted by Crippen LogP contribution is 2.31. The average molecular weight is 342 g/mol. The standard InChI is InChI=1S/C17H22N6O2/c24-17(12-21-6-8-25-9-7-21)23-4-1-2-15(23)14-10-19-11-16(20-14)22-5-3-18-13-22/h3,5,10-11,13,15H,1-2,4,6-9,12H2. The molecule has 25 heavy (non-hydrogen) atoms. The van der Waals surface area contributed by atoms with E-state index >= 15 is 0 Å². The van der Waals surface area contributed by atoms with Crippen LogP contribution in [0, 0.1) is 0 Å². The SMILES string of the molecule is O=C(CN1CCOCC1)N1CCCC1c1cncc(-n2ccnc2)n1. The van der Waals surface area contributed by atoms with Crippen molar-refractivity contribution in [3.63, 3.8) is 0 Å². The molecule has 0 radical (unpaired) electrons. The van der Waals surface area contributed by atoms with Crippen molar-refractivity contribution < 1.29 is 9.53 Å². The highest BCUT2D eigenvalue weighted by Gasteiger charge is 2.32. The van der Waals surface area contributed by atoms with Gasteiger partial charge in [0.2, 0.25) is 5.91 Å². The summed E-state index contributed by atoms with van der Waals surface area (Å²) in [6.45, 7) is 4.28. The molecule has 0 aliphatic carbocycles. The molecule has 8 heteroatoms. The Morgan fingerprint density at radius 1 is 1.20 bits per heavy atom. The normalized spacial score (nSPS) is 21.6. The minimum Gasteiger partial charge on any atom is -0.379 e. The van der Waals surface area contributed by atoms with Crippen LogP contribution in [0.25, 0.3) is 5.82 Å². The van der Waals surface area contributed by atoms with Crippen LogP contribution in [0.15, 0.2) is 31.1 Å². The van der Waals surface area contributed by atoms with E-state index in [2.05, 4.69) is 14.9 Å². The molecule has 2 fully saturated rings. The van der Waals surface area contributed by atoms with E-state index in [0.717, 1.165) is 44.0 Å². The molecule has 132 valence electrons. The largest absolute Gasteiger partial charge is 0.379 e. The Hall–Kier alpha value is -2.32. The number of hydrogen-bond donors (Lipinski definition) is 0. The molecule has 2 aliphatic rings. The number of morpholine rings is 1. The van der Waals surface area contributed by atoms with Gasteiger partial charge in [0.05, 0.1) is 43.9 Å². The second-order valence-electron chi connectivity index (χ2n) is 6.41. The van der Waals surface area contributed by atoms with E-state index in [-0.39, 0.29) is 11.9 Å². The maximum Gasteiger partial charge on any atom is 0.237 e. The van der Waals surface area contributed by atoms with Crippen LogP contribution in [0.3, 0.4) is 0 Å². The minimum atomic E-state index is 0.00418. The van der Waals surface area contributed by atoms with Gasteiger partial charge in [0.15, 0.2) is 5.82 Å². The summed E-state index contributed by atoms with van der Waals surface area (Å²) in [4.78, 5) is 30.0. The fourth-order valence-electron chi connectivity index (χ4n) is 3.46. The van der Waals surface area contributed by atoms with Gasteiger partial charge in [-0.3, -0.25) is 19.2 Å². The summed E-state index contributed by atoms with van der Waals surface area (Å²) < 4.78 is 7.18. The molecular formula is C17H22N6O2. The van der Waals surface area contributed by atoms with Gasteiger partial charge in [-0.15, -0.1) is 0 Å². The van der Waals surface area contributed by atoms with E-state index in [1.54, 1.807) is 24.9 Å². The third-order valence-electron chi connectivity index (χ3n) is 4.79. The summed E-state index contributed by atoms with van der Waals surface area (Å²) in [6.07, 6.45) is 10.6. The maximum atomic E-state index is 12.8. The summed E-state index contributed by atoms with van der Waals surface area (Å²) in [5.41, 5.74) is 0.846. The van der Waals surface area contributed by atoms with Gasteiger partial charge >= 0.3 is 0 Å². The molecule has 0 bridgehead atoms. The number of rotatable bonds is 4. The quantitative estimate of drug-likeness (QED) is 0.812. The highest BCUT2D eigenvalue weighted by molar-refractivity contribution is 5.79. The van der Waals surface area contributed by atoms with Gasteiger partial charge < -0.3 is 9.64 Å². The van der Waals surface area contributed by atoms with Crippen molar-refractivity contribution in [1.82, 2.24) is 29.3 Å². The lowest BCUT2D eigenvalue weighted by Crippen LogP contribution is -2.44. The molecule has 2 aliphatic heterocycles. The molecule has 4 heterocycles. The lowest BCUT2D eigenvalue weighted by Gasteiger charge is -2.30. The van der Waals surface area contributed by atoms with E-state index in [0.29, 0.717) is 19.8 Å². The van der Waals surface area contributed by atoms with E-state index in [1.165, 1.54) is 0 Å². The van der Waals surface area contributed by atoms with E-state index in [9.17, 15) is 4.79 Å². The van der Waals surface area contributed by atoms with Gasteiger partial charge in [0.25, 0.3) is 0 Å². The molecular weight excluding hydrogens is 320 g/mol. The van der Waals surface area contributed by atoms with Crippen molar-refractivity contribution in [2.75, 3.05) is 39.4 Å². The Labute approximate surface area is 146 Å². The van der Waals surface area contributed by atoms with Gasteiger partial charge in [0.1, 0.15) is 6.33 Å². The monoisotopic (exact) mass is 342 g/mol. The van der Waals surface area contributed by atoms with Crippen LogP contribution >= 0.6 is 0 Å². The van der Waals surface area contributed by atoms with Gasteiger partial charge in [-0.25, -0.2) is 9.97 Å². The molecule has 1 unspecified atom stereocenters. The van der Waals surface area contributed by atoms with Gasteiger partial charge in [-0.2, -0.15) is 0 Å². The van der Waals surface area contributed by atoms with Crippen LogP contribution in [0.2, 0.25) is 0 Å². The smallest absolute Gasteiger partial charge is 0.237 e. The van der Waals surface area contributed by atoms with Crippen molar-refractivity contribution in [2.45, 2.75) is 18.9 Å². The second-order valence-corrected chi connectivity index (χ2v) is 6.41. The molecule has 0 saturated carbocycles. The molecule has 4 rings (SSSR count). The Bertz CT molecular complexity index is 714. The summed E-state index contributed by atoms with van der Waals surface area (Å²) >= 11 is 0. The Morgan fingerprint density at radius 3 is 2.88 bits per heavy atom. The van der Waals surface area contributed by atoms with Crippen LogP contribution in [0.4, 0.5) is 0 Å². The van der Waals surface area contributed by atoms with Gasteiger partial charge in [0, 0.05) is 32.0 Å². The number of imidazole rings is 1. The number of nitrogens with zero attached hydrogens (tertiary/aromatic N) is 6. The van der Waals surface area contributed by atoms with E-state index in [1.807, 2.05) is 15.7 Å². The average Bonchev–Trinajstić information content (AvgIpc) is 3.35. The summed E-state index contributed by atoms with van der Waals surface area (Å²) in [7, 11) is 0. The van der Waals surface area contributed by atoms with Crippen molar-refractivity contribution in [3.05, 3.63) is 36.8 Å².